The predicted octanol–water partition coefficient (Wildman–Crippen LogP) is 14.9. The molecule has 2 aromatic heterocycles. The number of nitrogens with zero attached hydrogens (tertiary/aromatic N) is 4. The molecule has 2 heterocycles. The molecule has 0 saturated heterocycles. The van der Waals surface area contributed by atoms with Gasteiger partial charge in [-0.05, 0) is 123 Å². The molecule has 0 aliphatic heterocycles. The van der Waals surface area contributed by atoms with Gasteiger partial charge in [0.15, 0.2) is 11.6 Å². The van der Waals surface area contributed by atoms with E-state index in [0.717, 1.165) is 101 Å². The molecular weight excluding hydrogens is 990 g/mol. The standard InChI is InChI=1S/C24H31N2O6P.C20H21BrN2O3.C6H15O3P/c1-4-31-33(30,32-5-2)15-9-7-6-8-14-25-23-12-10-19(18(3)27)16-21(23)22-17-20(26(28)29)11-13-24(22)25;1-14(24)15-6-8-19-17(12-15)18-13-16(23(25)26)7-9-20(18)22(19)11-5-3-2-4-10-21;1-4-7-10(8-5-2)9-6-3/h10-13,16-17H,4-9,14-15H2,1-3H3;6-9,12-13H,2-5,10-11H2,1H3;4-6H2,1-3H3. The minimum atomic E-state index is -2.99. The molecular formula is C50H67BrN4O12P2. The van der Waals surface area contributed by atoms with Gasteiger partial charge in [-0.1, -0.05) is 41.6 Å². The number of hydrogen-bond donors (Lipinski definition) is 0. The second-order valence-corrected chi connectivity index (χ2v) is 20.2. The summed E-state index contributed by atoms with van der Waals surface area (Å²) in [7, 11) is -4.06. The Hall–Kier alpha value is -4.44. The van der Waals surface area contributed by atoms with Gasteiger partial charge in [-0.2, -0.15) is 0 Å². The number of Topliss-reactive ketones (excluding diaryl/α,β-unsaturated/α-hetero) is 2. The summed E-state index contributed by atoms with van der Waals surface area (Å²) in [6.45, 7) is 16.7. The lowest BCUT2D eigenvalue weighted by Crippen LogP contribution is -2.01. The molecule has 16 nitrogen and oxygen atoms in total. The van der Waals surface area contributed by atoms with Gasteiger partial charge in [0, 0.05) is 97.4 Å². The van der Waals surface area contributed by atoms with Gasteiger partial charge in [0.1, 0.15) is 0 Å². The van der Waals surface area contributed by atoms with Crippen molar-refractivity contribution in [3.63, 3.8) is 0 Å². The van der Waals surface area contributed by atoms with Gasteiger partial charge in [0.05, 0.1) is 49.0 Å². The number of aromatic nitrogens is 2. The number of rotatable bonds is 27. The molecule has 0 fully saturated rings. The average Bonchev–Trinajstić information content (AvgIpc) is 3.81. The number of hydrogen-bond acceptors (Lipinski definition) is 12. The first-order valence-electron chi connectivity index (χ1n) is 23.7. The third kappa shape index (κ3) is 16.3. The second-order valence-electron chi connectivity index (χ2n) is 16.0. The normalized spacial score (nSPS) is 11.6. The van der Waals surface area contributed by atoms with Crippen LogP contribution >= 0.6 is 32.1 Å². The number of nitro benzene ring substituents is 2. The molecule has 0 bridgehead atoms. The maximum atomic E-state index is 12.6. The molecule has 0 saturated carbocycles. The third-order valence-corrected chi connectivity index (χ3v) is 15.3. The fourth-order valence-electron chi connectivity index (χ4n) is 7.97. The molecule has 4 aromatic carbocycles. The summed E-state index contributed by atoms with van der Waals surface area (Å²) in [5.74, 6) is -0.0485. The Morgan fingerprint density at radius 2 is 0.913 bits per heavy atom. The number of nitro groups is 2. The van der Waals surface area contributed by atoms with Crippen LogP contribution in [0.25, 0.3) is 43.6 Å². The highest BCUT2D eigenvalue weighted by molar-refractivity contribution is 9.09. The number of carbonyl (C=O) groups is 2. The van der Waals surface area contributed by atoms with Gasteiger partial charge in [-0.3, -0.25) is 34.4 Å². The maximum Gasteiger partial charge on any atom is 0.332 e. The molecule has 0 aliphatic carbocycles. The van der Waals surface area contributed by atoms with E-state index in [1.165, 1.54) is 32.8 Å². The molecule has 0 aliphatic rings. The van der Waals surface area contributed by atoms with E-state index in [4.69, 9.17) is 22.6 Å². The second kappa shape index (κ2) is 29.0. The zero-order valence-electron chi connectivity index (χ0n) is 40.9. The van der Waals surface area contributed by atoms with Crippen molar-refractivity contribution in [3.8, 4) is 0 Å². The van der Waals surface area contributed by atoms with E-state index in [1.807, 2.05) is 71.0 Å². The topological polar surface area (TPSA) is 193 Å². The van der Waals surface area contributed by atoms with Crippen molar-refractivity contribution in [1.29, 1.82) is 0 Å². The van der Waals surface area contributed by atoms with Crippen LogP contribution in [0.1, 0.15) is 121 Å². The molecule has 69 heavy (non-hydrogen) atoms. The SMILES string of the molecule is CC(=O)c1ccc2c(c1)c1cc([N+](=O)[O-])ccc1n2CCCCCCBr.CCOP(=O)(CCCCCCn1c2ccc(C(C)=O)cc2c2cc([N+](=O)[O-])ccc21)OCC.CCOP(OCC)OCC. The largest absolute Gasteiger partial charge is 0.340 e. The Labute approximate surface area is 414 Å². The van der Waals surface area contributed by atoms with Crippen molar-refractivity contribution >= 4 is 98.7 Å². The van der Waals surface area contributed by atoms with Crippen LogP contribution in [0.5, 0.6) is 0 Å². The lowest BCUT2D eigenvalue weighted by Gasteiger charge is -2.16. The molecule has 0 unspecified atom stereocenters. The van der Waals surface area contributed by atoms with Crippen molar-refractivity contribution < 1.29 is 46.6 Å². The Morgan fingerprint density at radius 1 is 0.551 bits per heavy atom. The lowest BCUT2D eigenvalue weighted by atomic mass is 10.1. The van der Waals surface area contributed by atoms with Crippen molar-refractivity contribution in [1.82, 2.24) is 9.13 Å². The number of fused-ring (bicyclic) bond motifs is 6. The molecule has 0 amide bonds. The quantitative estimate of drug-likeness (QED) is 0.0118. The monoisotopic (exact) mass is 1060 g/mol. The van der Waals surface area contributed by atoms with E-state index in [9.17, 15) is 34.4 Å². The highest BCUT2D eigenvalue weighted by Gasteiger charge is 2.23. The lowest BCUT2D eigenvalue weighted by molar-refractivity contribution is -0.384. The Balaban J connectivity index is 0.000000256. The minimum absolute atomic E-state index is 0.00648. The number of halogens is 1. The Bertz CT molecular complexity index is 2540. The smallest absolute Gasteiger partial charge is 0.332 e. The summed E-state index contributed by atoms with van der Waals surface area (Å²) in [6.07, 6.45) is 8.48. The number of benzene rings is 4. The van der Waals surface area contributed by atoms with E-state index in [-0.39, 0.29) is 27.9 Å². The van der Waals surface area contributed by atoms with Crippen LogP contribution in [0.15, 0.2) is 72.8 Å². The summed E-state index contributed by atoms with van der Waals surface area (Å²) in [5.41, 5.74) is 5.17. The number of unbranched alkanes of at least 4 members (excludes halogenated alkanes) is 6. The van der Waals surface area contributed by atoms with Crippen LogP contribution in [-0.4, -0.2) is 75.1 Å². The van der Waals surface area contributed by atoms with E-state index in [0.29, 0.717) is 50.3 Å². The molecule has 0 N–H and O–H groups in total. The zero-order chi connectivity index (χ0) is 50.5. The van der Waals surface area contributed by atoms with Crippen molar-refractivity contribution in [2.45, 2.75) is 113 Å². The van der Waals surface area contributed by atoms with Crippen molar-refractivity contribution in [2.24, 2.45) is 0 Å². The molecule has 0 spiro atoms. The van der Waals surface area contributed by atoms with Crippen LogP contribution in [0.2, 0.25) is 0 Å². The minimum Gasteiger partial charge on any atom is -0.340 e. The summed E-state index contributed by atoms with van der Waals surface area (Å²) in [4.78, 5) is 45.3. The van der Waals surface area contributed by atoms with Gasteiger partial charge in [0.2, 0.25) is 0 Å². The van der Waals surface area contributed by atoms with Gasteiger partial charge < -0.3 is 31.8 Å². The van der Waals surface area contributed by atoms with Gasteiger partial charge in [-0.25, -0.2) is 0 Å². The molecule has 0 atom stereocenters. The third-order valence-electron chi connectivity index (χ3n) is 11.1. The molecule has 19 heteroatoms. The van der Waals surface area contributed by atoms with E-state index < -0.39 is 21.1 Å². The van der Waals surface area contributed by atoms with Crippen molar-refractivity contribution in [3.05, 3.63) is 104 Å². The molecule has 376 valence electrons. The molecule has 6 aromatic rings. The van der Waals surface area contributed by atoms with Crippen LogP contribution in [0.4, 0.5) is 11.4 Å². The van der Waals surface area contributed by atoms with E-state index in [2.05, 4.69) is 25.1 Å². The Morgan fingerprint density at radius 3 is 1.26 bits per heavy atom. The fourth-order valence-corrected chi connectivity index (χ4v) is 10.9. The fraction of sp³-hybridized carbons (Fsp3) is 0.480. The predicted molar refractivity (Wildman–Crippen MR) is 280 cm³/mol. The highest BCUT2D eigenvalue weighted by Crippen LogP contribution is 2.49. The maximum absolute atomic E-state index is 12.6. The summed E-state index contributed by atoms with van der Waals surface area (Å²) in [5, 5.41) is 26.8. The summed E-state index contributed by atoms with van der Waals surface area (Å²) in [6, 6.07) is 21.0. The first-order chi connectivity index (χ1) is 33.2. The van der Waals surface area contributed by atoms with Crippen LogP contribution < -0.4 is 0 Å². The molecule has 0 radical (unpaired) electrons. The van der Waals surface area contributed by atoms with Crippen molar-refractivity contribution in [2.75, 3.05) is 44.5 Å². The molecule has 6 rings (SSSR count). The van der Waals surface area contributed by atoms with Gasteiger partial charge in [-0.15, -0.1) is 0 Å². The number of aryl methyl sites for hydroxylation is 2. The van der Waals surface area contributed by atoms with E-state index in [1.54, 1.807) is 30.3 Å². The first kappa shape index (κ1) is 57.1. The number of carbonyl (C=O) groups excluding carboxylic acids is 2. The van der Waals surface area contributed by atoms with Crippen LogP contribution in [-0.2, 0) is 40.3 Å². The Kier molecular flexibility index (Phi) is 24.0. The van der Waals surface area contributed by atoms with Gasteiger partial charge >= 0.3 is 16.2 Å². The van der Waals surface area contributed by atoms with E-state index >= 15 is 0 Å². The summed E-state index contributed by atoms with van der Waals surface area (Å²) >= 11 is 3.45. The average molecular weight is 1060 g/mol. The first-order valence-corrected chi connectivity index (χ1v) is 27.7. The van der Waals surface area contributed by atoms with Crippen LogP contribution in [0.3, 0.4) is 0 Å². The zero-order valence-corrected chi connectivity index (χ0v) is 44.3. The van der Waals surface area contributed by atoms with Crippen LogP contribution in [0, 0.1) is 20.2 Å². The number of ketones is 2. The summed E-state index contributed by atoms with van der Waals surface area (Å²) < 4.78 is 43.0. The van der Waals surface area contributed by atoms with Gasteiger partial charge in [0.25, 0.3) is 11.4 Å². The highest BCUT2D eigenvalue weighted by atomic mass is 79.9. The number of alkyl halides is 1. The number of non-ortho nitro benzene ring substituents is 2.